The second-order valence-corrected chi connectivity index (χ2v) is 8.75. The summed E-state index contributed by atoms with van der Waals surface area (Å²) in [6, 6.07) is 3.44. The maximum atomic E-state index is 14.1. The highest BCUT2D eigenvalue weighted by atomic mass is 32.2. The molecule has 0 spiro atoms. The number of nitrogens with one attached hydrogen (secondary N) is 1. The molecule has 3 rings (SSSR count). The molecule has 0 aromatic heterocycles. The molecule has 7 nitrogen and oxygen atoms in total. The summed E-state index contributed by atoms with van der Waals surface area (Å²) in [5, 5.41) is 0. The van der Waals surface area contributed by atoms with Crippen LogP contribution >= 0.6 is 0 Å². The molecule has 1 aromatic rings. The fourth-order valence-corrected chi connectivity index (χ4v) is 4.58. The second-order valence-electron chi connectivity index (χ2n) is 7.01. The lowest BCUT2D eigenvalue weighted by molar-refractivity contribution is 0.0432. The summed E-state index contributed by atoms with van der Waals surface area (Å²) in [4.78, 5) is 16.2. The van der Waals surface area contributed by atoms with Crippen molar-refractivity contribution in [2.24, 2.45) is 0 Å². The summed E-state index contributed by atoms with van der Waals surface area (Å²) >= 11 is 0. The van der Waals surface area contributed by atoms with E-state index in [1.165, 1.54) is 12.1 Å². The first-order chi connectivity index (χ1) is 13.4. The van der Waals surface area contributed by atoms with E-state index in [0.717, 1.165) is 51.2 Å². The van der Waals surface area contributed by atoms with E-state index in [-0.39, 0.29) is 24.1 Å². The van der Waals surface area contributed by atoms with Crippen LogP contribution in [0.15, 0.2) is 35.7 Å². The van der Waals surface area contributed by atoms with Crippen molar-refractivity contribution in [1.82, 2.24) is 14.5 Å². The maximum Gasteiger partial charge on any atom is 0.253 e. The number of benzene rings is 1. The van der Waals surface area contributed by atoms with E-state index >= 15 is 0 Å². The van der Waals surface area contributed by atoms with Gasteiger partial charge in [0, 0.05) is 51.4 Å². The first-order valence-electron chi connectivity index (χ1n) is 9.44. The van der Waals surface area contributed by atoms with E-state index in [2.05, 4.69) is 16.2 Å². The maximum absolute atomic E-state index is 14.1. The van der Waals surface area contributed by atoms with Crippen LogP contribution in [0.5, 0.6) is 0 Å². The zero-order chi connectivity index (χ0) is 20.1. The van der Waals surface area contributed by atoms with E-state index in [1.807, 2.05) is 0 Å². The average Bonchev–Trinajstić information content (AvgIpc) is 3.20. The van der Waals surface area contributed by atoms with E-state index in [1.54, 1.807) is 4.90 Å². The topological polar surface area (TPSA) is 79.0 Å². The van der Waals surface area contributed by atoms with Gasteiger partial charge in [-0.05, 0) is 31.0 Å². The summed E-state index contributed by atoms with van der Waals surface area (Å²) < 4.78 is 46.4. The van der Waals surface area contributed by atoms with E-state index in [4.69, 9.17) is 4.74 Å². The number of halogens is 1. The number of nitrogens with zero attached hydrogens (tertiary/aromatic N) is 2. The molecule has 0 radical (unpaired) electrons. The molecular formula is C19H26FN3O4S. The van der Waals surface area contributed by atoms with Crippen molar-refractivity contribution >= 4 is 15.9 Å². The highest BCUT2D eigenvalue weighted by Gasteiger charge is 2.27. The Kier molecular flexibility index (Phi) is 6.82. The van der Waals surface area contributed by atoms with E-state index < -0.39 is 20.7 Å². The lowest BCUT2D eigenvalue weighted by Gasteiger charge is -2.35. The summed E-state index contributed by atoms with van der Waals surface area (Å²) in [6.45, 7) is 7.65. The summed E-state index contributed by atoms with van der Waals surface area (Å²) in [6.07, 6.45) is 3.81. The van der Waals surface area contributed by atoms with Crippen molar-refractivity contribution in [3.8, 4) is 0 Å². The minimum Gasteiger partial charge on any atom is -0.377 e. The van der Waals surface area contributed by atoms with E-state index in [9.17, 15) is 17.6 Å². The first kappa shape index (κ1) is 20.9. The zero-order valence-electron chi connectivity index (χ0n) is 15.8. The van der Waals surface area contributed by atoms with Crippen LogP contribution in [0.2, 0.25) is 0 Å². The smallest absolute Gasteiger partial charge is 0.253 e. The molecule has 1 amide bonds. The molecule has 2 fully saturated rings. The molecule has 2 saturated heterocycles. The SMILES string of the molecule is C=CCNS(=O)(=O)c1cc(C(=O)N2CCN(CC3CCCO3)CC2)ccc1F. The van der Waals surface area contributed by atoms with Crippen LogP contribution < -0.4 is 4.72 Å². The van der Waals surface area contributed by atoms with Crippen molar-refractivity contribution in [3.63, 3.8) is 0 Å². The van der Waals surface area contributed by atoms with Gasteiger partial charge in [-0.25, -0.2) is 17.5 Å². The minimum absolute atomic E-state index is 0.0212. The Morgan fingerprint density at radius 2 is 2.07 bits per heavy atom. The van der Waals surface area contributed by atoms with Crippen LogP contribution in [0, 0.1) is 5.82 Å². The Morgan fingerprint density at radius 3 is 2.71 bits per heavy atom. The summed E-state index contributed by atoms with van der Waals surface area (Å²) in [5.74, 6) is -1.19. The number of carbonyl (C=O) groups is 1. The number of carbonyl (C=O) groups excluding carboxylic acids is 1. The Balaban J connectivity index is 1.64. The molecule has 1 aromatic carbocycles. The lowest BCUT2D eigenvalue weighted by atomic mass is 10.1. The molecule has 9 heteroatoms. The zero-order valence-corrected chi connectivity index (χ0v) is 16.6. The molecule has 2 aliphatic rings. The van der Waals surface area contributed by atoms with Crippen LogP contribution in [0.1, 0.15) is 23.2 Å². The van der Waals surface area contributed by atoms with Crippen molar-refractivity contribution in [3.05, 3.63) is 42.2 Å². The Labute approximate surface area is 165 Å². The lowest BCUT2D eigenvalue weighted by Crippen LogP contribution is -2.50. The van der Waals surface area contributed by atoms with Gasteiger partial charge in [0.1, 0.15) is 10.7 Å². The number of ether oxygens (including phenoxy) is 1. The van der Waals surface area contributed by atoms with Gasteiger partial charge in [-0.2, -0.15) is 0 Å². The molecule has 0 saturated carbocycles. The van der Waals surface area contributed by atoms with Gasteiger partial charge < -0.3 is 9.64 Å². The Hall–Kier alpha value is -1.81. The normalized spacial score (nSPS) is 21.0. The van der Waals surface area contributed by atoms with Crippen LogP contribution in [-0.2, 0) is 14.8 Å². The number of amides is 1. The standard InChI is InChI=1S/C19H26FN3O4S/c1-2-7-21-28(25,26)18-13-15(5-6-17(18)20)19(24)23-10-8-22(9-11-23)14-16-4-3-12-27-16/h2,5-6,13,16,21H,1,3-4,7-12,14H2. The van der Waals surface area contributed by atoms with Crippen molar-refractivity contribution < 1.29 is 22.3 Å². The summed E-state index contributed by atoms with van der Waals surface area (Å²) in [5.41, 5.74) is 0.160. The van der Waals surface area contributed by atoms with Crippen LogP contribution in [0.3, 0.4) is 0 Å². The van der Waals surface area contributed by atoms with Gasteiger partial charge in [0.2, 0.25) is 10.0 Å². The summed E-state index contributed by atoms with van der Waals surface area (Å²) in [7, 11) is -4.05. The molecule has 2 heterocycles. The largest absolute Gasteiger partial charge is 0.377 e. The van der Waals surface area contributed by atoms with Gasteiger partial charge in [-0.1, -0.05) is 6.08 Å². The molecular weight excluding hydrogens is 385 g/mol. The number of sulfonamides is 1. The van der Waals surface area contributed by atoms with Crippen LogP contribution in [-0.4, -0.2) is 76.1 Å². The fraction of sp³-hybridized carbons (Fsp3) is 0.526. The van der Waals surface area contributed by atoms with Crippen LogP contribution in [0.25, 0.3) is 0 Å². The molecule has 28 heavy (non-hydrogen) atoms. The monoisotopic (exact) mass is 411 g/mol. The third-order valence-electron chi connectivity index (χ3n) is 5.03. The molecule has 0 aliphatic carbocycles. The third-order valence-corrected chi connectivity index (χ3v) is 6.47. The highest BCUT2D eigenvalue weighted by molar-refractivity contribution is 7.89. The Bertz CT molecular complexity index is 816. The molecule has 154 valence electrons. The number of rotatable bonds is 7. The quantitative estimate of drug-likeness (QED) is 0.683. The molecule has 2 aliphatic heterocycles. The predicted octanol–water partition coefficient (Wildman–Crippen LogP) is 1.23. The average molecular weight is 411 g/mol. The fourth-order valence-electron chi connectivity index (χ4n) is 3.48. The first-order valence-corrected chi connectivity index (χ1v) is 10.9. The molecule has 1 N–H and O–H groups in total. The second kappa shape index (κ2) is 9.13. The number of hydrogen-bond acceptors (Lipinski definition) is 5. The highest BCUT2D eigenvalue weighted by Crippen LogP contribution is 2.19. The molecule has 1 unspecified atom stereocenters. The number of hydrogen-bond donors (Lipinski definition) is 1. The van der Waals surface area contributed by atoms with Gasteiger partial charge >= 0.3 is 0 Å². The third kappa shape index (κ3) is 4.96. The van der Waals surface area contributed by atoms with Crippen molar-refractivity contribution in [1.29, 1.82) is 0 Å². The predicted molar refractivity (Wildman–Crippen MR) is 103 cm³/mol. The van der Waals surface area contributed by atoms with Crippen molar-refractivity contribution in [2.45, 2.75) is 23.8 Å². The number of piperazine rings is 1. The van der Waals surface area contributed by atoms with Gasteiger partial charge in [-0.3, -0.25) is 9.69 Å². The van der Waals surface area contributed by atoms with Gasteiger partial charge in [0.15, 0.2) is 0 Å². The van der Waals surface area contributed by atoms with Crippen molar-refractivity contribution in [2.75, 3.05) is 45.9 Å². The van der Waals surface area contributed by atoms with Crippen LogP contribution in [0.4, 0.5) is 4.39 Å². The Morgan fingerprint density at radius 1 is 1.32 bits per heavy atom. The van der Waals surface area contributed by atoms with Gasteiger partial charge in [0.25, 0.3) is 5.91 Å². The minimum atomic E-state index is -4.05. The van der Waals surface area contributed by atoms with Gasteiger partial charge in [-0.15, -0.1) is 6.58 Å². The van der Waals surface area contributed by atoms with E-state index in [0.29, 0.717) is 13.1 Å². The molecule has 1 atom stereocenters. The van der Waals surface area contributed by atoms with Gasteiger partial charge in [0.05, 0.1) is 6.10 Å². The molecule has 0 bridgehead atoms.